The first-order chi connectivity index (χ1) is 12.7. The molecule has 6 nitrogen and oxygen atoms in total. The van der Waals surface area contributed by atoms with Crippen LogP contribution in [-0.4, -0.2) is 48.2 Å². The normalized spacial score (nSPS) is 21.8. The number of ether oxygens (including phenoxy) is 2. The summed E-state index contributed by atoms with van der Waals surface area (Å²) in [6.07, 6.45) is 5.34. The summed E-state index contributed by atoms with van der Waals surface area (Å²) in [5.41, 5.74) is 2.69. The van der Waals surface area contributed by atoms with Crippen LogP contribution in [0.1, 0.15) is 41.7 Å². The zero-order valence-corrected chi connectivity index (χ0v) is 15.8. The molecule has 2 aliphatic heterocycles. The molecule has 1 atom stereocenters. The van der Waals surface area contributed by atoms with Gasteiger partial charge >= 0.3 is 0 Å². The van der Waals surface area contributed by atoms with Crippen LogP contribution in [0.4, 0.5) is 0 Å². The highest BCUT2D eigenvalue weighted by molar-refractivity contribution is 5.25. The maximum absolute atomic E-state index is 5.82. The van der Waals surface area contributed by atoms with Crippen molar-refractivity contribution in [2.45, 2.75) is 45.3 Å². The fourth-order valence-electron chi connectivity index (χ4n) is 4.23. The minimum absolute atomic E-state index is 0.219. The summed E-state index contributed by atoms with van der Waals surface area (Å²) in [5, 5.41) is 4.74. The molecule has 26 heavy (non-hydrogen) atoms. The number of rotatable bonds is 6. The van der Waals surface area contributed by atoms with Crippen molar-refractivity contribution in [3.05, 3.63) is 41.1 Å². The zero-order chi connectivity index (χ0) is 17.9. The Bertz CT molecular complexity index is 718. The fourth-order valence-corrected chi connectivity index (χ4v) is 4.23. The van der Waals surface area contributed by atoms with Gasteiger partial charge in [0, 0.05) is 33.4 Å². The standard InChI is InChI=1S/C20H29N3O3/c1-15-3-4-18(26-15)13-22-8-5-17-11-21-23(20(17)19(22)14-24-2)12-16-6-9-25-10-7-16/h3-4,11,16,19H,5-10,12-14H2,1-2H3. The first kappa shape index (κ1) is 17.8. The van der Waals surface area contributed by atoms with E-state index in [1.165, 1.54) is 11.3 Å². The molecule has 0 saturated carbocycles. The molecule has 0 bridgehead atoms. The molecular formula is C20H29N3O3. The van der Waals surface area contributed by atoms with E-state index in [1.807, 2.05) is 13.0 Å². The van der Waals surface area contributed by atoms with Crippen LogP contribution < -0.4 is 0 Å². The molecule has 2 aliphatic rings. The van der Waals surface area contributed by atoms with Crippen molar-refractivity contribution < 1.29 is 13.9 Å². The van der Waals surface area contributed by atoms with Gasteiger partial charge in [-0.2, -0.15) is 5.10 Å². The topological polar surface area (TPSA) is 52.7 Å². The third-order valence-electron chi connectivity index (χ3n) is 5.64. The predicted octanol–water partition coefficient (Wildman–Crippen LogP) is 2.96. The van der Waals surface area contributed by atoms with Crippen LogP contribution in [0.5, 0.6) is 0 Å². The van der Waals surface area contributed by atoms with Gasteiger partial charge in [0.15, 0.2) is 0 Å². The second kappa shape index (κ2) is 7.94. The van der Waals surface area contributed by atoms with Crippen LogP contribution in [-0.2, 0) is 29.0 Å². The monoisotopic (exact) mass is 359 g/mol. The maximum Gasteiger partial charge on any atom is 0.118 e. The Morgan fingerprint density at radius 2 is 2.12 bits per heavy atom. The summed E-state index contributed by atoms with van der Waals surface area (Å²) in [6.45, 7) is 7.21. The van der Waals surface area contributed by atoms with Crippen molar-refractivity contribution in [2.24, 2.45) is 5.92 Å². The molecule has 4 heterocycles. The molecular weight excluding hydrogens is 330 g/mol. The lowest BCUT2D eigenvalue weighted by molar-refractivity contribution is 0.0533. The van der Waals surface area contributed by atoms with Crippen LogP contribution in [0.15, 0.2) is 22.7 Å². The van der Waals surface area contributed by atoms with Crippen LogP contribution in [0, 0.1) is 12.8 Å². The van der Waals surface area contributed by atoms with Crippen molar-refractivity contribution in [3.63, 3.8) is 0 Å². The molecule has 0 N–H and O–H groups in total. The summed E-state index contributed by atoms with van der Waals surface area (Å²) in [5.74, 6) is 2.63. The van der Waals surface area contributed by atoms with Gasteiger partial charge in [-0.15, -0.1) is 0 Å². The molecule has 0 spiro atoms. The summed E-state index contributed by atoms with van der Waals surface area (Å²) >= 11 is 0. The van der Waals surface area contributed by atoms with Crippen LogP contribution in [0.3, 0.4) is 0 Å². The Morgan fingerprint density at radius 1 is 1.27 bits per heavy atom. The number of nitrogens with zero attached hydrogens (tertiary/aromatic N) is 3. The predicted molar refractivity (Wildman–Crippen MR) is 97.9 cm³/mol. The maximum atomic E-state index is 5.82. The summed E-state index contributed by atoms with van der Waals surface area (Å²) in [4.78, 5) is 2.46. The minimum Gasteiger partial charge on any atom is -0.465 e. The lowest BCUT2D eigenvalue weighted by Gasteiger charge is -2.36. The molecule has 2 aromatic heterocycles. The van der Waals surface area contributed by atoms with Gasteiger partial charge in [-0.1, -0.05) is 0 Å². The summed E-state index contributed by atoms with van der Waals surface area (Å²) < 4.78 is 19.1. The average molecular weight is 359 g/mol. The number of hydrogen-bond acceptors (Lipinski definition) is 5. The Balaban J connectivity index is 1.55. The highest BCUT2D eigenvalue weighted by Crippen LogP contribution is 2.32. The molecule has 6 heteroatoms. The van der Waals surface area contributed by atoms with E-state index < -0.39 is 0 Å². The summed E-state index contributed by atoms with van der Waals surface area (Å²) in [7, 11) is 1.78. The van der Waals surface area contributed by atoms with Gasteiger partial charge in [-0.05, 0) is 49.8 Å². The van der Waals surface area contributed by atoms with Gasteiger partial charge in [0.2, 0.25) is 0 Å². The fraction of sp³-hybridized carbons (Fsp3) is 0.650. The number of hydrogen-bond donors (Lipinski definition) is 0. The lowest BCUT2D eigenvalue weighted by atomic mass is 9.97. The van der Waals surface area contributed by atoms with E-state index in [9.17, 15) is 0 Å². The van der Waals surface area contributed by atoms with Crippen molar-refractivity contribution in [3.8, 4) is 0 Å². The molecule has 0 radical (unpaired) electrons. The molecule has 142 valence electrons. The first-order valence-electron chi connectivity index (χ1n) is 9.65. The highest BCUT2D eigenvalue weighted by atomic mass is 16.5. The van der Waals surface area contributed by atoms with E-state index in [1.54, 1.807) is 7.11 Å². The lowest BCUT2D eigenvalue weighted by Crippen LogP contribution is -2.38. The summed E-state index contributed by atoms with van der Waals surface area (Å²) in [6, 6.07) is 4.33. The molecule has 0 aliphatic carbocycles. The van der Waals surface area contributed by atoms with Gasteiger partial charge in [0.25, 0.3) is 0 Å². The number of aromatic nitrogens is 2. The molecule has 2 aromatic rings. The van der Waals surface area contributed by atoms with Crippen molar-refractivity contribution >= 4 is 0 Å². The average Bonchev–Trinajstić information content (AvgIpc) is 3.24. The van der Waals surface area contributed by atoms with E-state index in [0.29, 0.717) is 12.5 Å². The third kappa shape index (κ3) is 3.72. The van der Waals surface area contributed by atoms with Gasteiger partial charge < -0.3 is 13.9 Å². The SMILES string of the molecule is COCC1c2c(cnn2CC2CCOCC2)CCN1Cc1ccc(C)o1. The number of methoxy groups -OCH3 is 1. The number of fused-ring (bicyclic) bond motifs is 1. The smallest absolute Gasteiger partial charge is 0.118 e. The molecule has 0 amide bonds. The second-order valence-electron chi connectivity index (χ2n) is 7.50. The molecule has 0 aromatic carbocycles. The van der Waals surface area contributed by atoms with Crippen molar-refractivity contribution in [1.82, 2.24) is 14.7 Å². The van der Waals surface area contributed by atoms with E-state index in [2.05, 4.69) is 21.8 Å². The molecule has 1 unspecified atom stereocenters. The Kier molecular flexibility index (Phi) is 5.43. The highest BCUT2D eigenvalue weighted by Gasteiger charge is 2.32. The number of aryl methyl sites for hydroxylation is 1. The molecule has 1 fully saturated rings. The third-order valence-corrected chi connectivity index (χ3v) is 5.64. The second-order valence-corrected chi connectivity index (χ2v) is 7.50. The van der Waals surface area contributed by atoms with Gasteiger partial charge in [-0.25, -0.2) is 0 Å². The first-order valence-corrected chi connectivity index (χ1v) is 9.65. The van der Waals surface area contributed by atoms with Crippen molar-refractivity contribution in [1.29, 1.82) is 0 Å². The van der Waals surface area contributed by atoms with E-state index in [4.69, 9.17) is 19.0 Å². The molecule has 1 saturated heterocycles. The Labute approximate surface area is 155 Å². The van der Waals surface area contributed by atoms with Gasteiger partial charge in [0.05, 0.1) is 31.1 Å². The quantitative estimate of drug-likeness (QED) is 0.794. The largest absolute Gasteiger partial charge is 0.465 e. The van der Waals surface area contributed by atoms with Gasteiger partial charge in [0.1, 0.15) is 11.5 Å². The Hall–Kier alpha value is -1.63. The number of furan rings is 1. The van der Waals surface area contributed by atoms with E-state index in [-0.39, 0.29) is 6.04 Å². The van der Waals surface area contributed by atoms with Crippen molar-refractivity contribution in [2.75, 3.05) is 33.5 Å². The van der Waals surface area contributed by atoms with Gasteiger partial charge in [-0.3, -0.25) is 9.58 Å². The van der Waals surface area contributed by atoms with Crippen LogP contribution in [0.2, 0.25) is 0 Å². The molecule has 4 rings (SSSR count). The minimum atomic E-state index is 0.219. The Morgan fingerprint density at radius 3 is 2.85 bits per heavy atom. The van der Waals surface area contributed by atoms with Crippen LogP contribution in [0.25, 0.3) is 0 Å². The van der Waals surface area contributed by atoms with E-state index in [0.717, 1.165) is 63.6 Å². The zero-order valence-electron chi connectivity index (χ0n) is 15.8. The van der Waals surface area contributed by atoms with Crippen LogP contribution >= 0.6 is 0 Å². The van der Waals surface area contributed by atoms with E-state index >= 15 is 0 Å².